The maximum absolute atomic E-state index is 12.8. The van der Waals surface area contributed by atoms with Crippen LogP contribution in [0.4, 0.5) is 4.79 Å². The van der Waals surface area contributed by atoms with E-state index in [0.29, 0.717) is 37.1 Å². The molecule has 0 bridgehead atoms. The van der Waals surface area contributed by atoms with Gasteiger partial charge in [-0.2, -0.15) is 0 Å². The number of aromatic nitrogens is 1. The Labute approximate surface area is 194 Å². The third-order valence-corrected chi connectivity index (χ3v) is 5.61. The second-order valence-electron chi connectivity index (χ2n) is 9.98. The average Bonchev–Trinajstić information content (AvgIpc) is 3.47. The zero-order valence-corrected chi connectivity index (χ0v) is 19.8. The van der Waals surface area contributed by atoms with Crippen molar-refractivity contribution >= 4 is 12.0 Å². The minimum atomic E-state index is -0.578. The van der Waals surface area contributed by atoms with Gasteiger partial charge < -0.3 is 24.1 Å². The molecule has 1 fully saturated rings. The van der Waals surface area contributed by atoms with Crippen molar-refractivity contribution in [2.45, 2.75) is 71.6 Å². The summed E-state index contributed by atoms with van der Waals surface area (Å²) < 4.78 is 17.1. The lowest BCUT2D eigenvalue weighted by molar-refractivity contribution is -0.132. The van der Waals surface area contributed by atoms with Crippen molar-refractivity contribution in [1.29, 1.82) is 0 Å². The molecule has 2 amide bonds. The van der Waals surface area contributed by atoms with Crippen LogP contribution in [0.2, 0.25) is 0 Å². The third-order valence-electron chi connectivity index (χ3n) is 5.61. The first-order chi connectivity index (χ1) is 15.7. The van der Waals surface area contributed by atoms with E-state index in [9.17, 15) is 9.59 Å². The minimum absolute atomic E-state index is 0.0423. The van der Waals surface area contributed by atoms with Crippen LogP contribution in [0.25, 0.3) is 11.5 Å². The summed E-state index contributed by atoms with van der Waals surface area (Å²) in [7, 11) is 0. The Kier molecular flexibility index (Phi) is 6.63. The van der Waals surface area contributed by atoms with Gasteiger partial charge in [0.1, 0.15) is 17.1 Å². The van der Waals surface area contributed by atoms with Gasteiger partial charge in [0, 0.05) is 31.0 Å². The number of ether oxygens (including phenoxy) is 2. The lowest BCUT2D eigenvalue weighted by Gasteiger charge is -2.27. The second kappa shape index (κ2) is 9.45. The highest BCUT2D eigenvalue weighted by Crippen LogP contribution is 2.31. The number of benzene rings is 1. The molecule has 1 aliphatic heterocycles. The summed E-state index contributed by atoms with van der Waals surface area (Å²) in [6, 6.07) is 7.45. The second-order valence-corrected chi connectivity index (χ2v) is 9.98. The quantitative estimate of drug-likeness (QED) is 0.668. The monoisotopic (exact) mass is 455 g/mol. The molecule has 1 unspecified atom stereocenters. The number of amides is 2. The SMILES string of the molecule is CC(CC(=O)N1CCc2nc(-c3ccc(OCC4CC4)cc3)oc2C1)NC(=O)OC(C)(C)C. The van der Waals surface area contributed by atoms with Crippen LogP contribution in [0.15, 0.2) is 28.7 Å². The molecule has 2 heterocycles. The van der Waals surface area contributed by atoms with Crippen LogP contribution >= 0.6 is 0 Å². The molecule has 178 valence electrons. The van der Waals surface area contributed by atoms with E-state index in [0.717, 1.165) is 23.6 Å². The van der Waals surface area contributed by atoms with Gasteiger partial charge in [-0.1, -0.05) is 0 Å². The highest BCUT2D eigenvalue weighted by Gasteiger charge is 2.27. The molecular formula is C25H33N3O5. The van der Waals surface area contributed by atoms with Gasteiger partial charge in [0.2, 0.25) is 11.8 Å². The van der Waals surface area contributed by atoms with Gasteiger partial charge in [-0.25, -0.2) is 9.78 Å². The van der Waals surface area contributed by atoms with Crippen molar-refractivity contribution in [3.8, 4) is 17.2 Å². The fourth-order valence-corrected chi connectivity index (χ4v) is 3.67. The molecule has 1 N–H and O–H groups in total. The number of hydrogen-bond acceptors (Lipinski definition) is 6. The summed E-state index contributed by atoms with van der Waals surface area (Å²) in [6.07, 6.45) is 2.84. The van der Waals surface area contributed by atoms with E-state index in [1.807, 2.05) is 24.3 Å². The van der Waals surface area contributed by atoms with Crippen molar-refractivity contribution in [2.75, 3.05) is 13.2 Å². The molecule has 0 radical (unpaired) electrons. The topological polar surface area (TPSA) is 93.9 Å². The number of rotatable bonds is 7. The van der Waals surface area contributed by atoms with Gasteiger partial charge in [0.05, 0.1) is 18.8 Å². The van der Waals surface area contributed by atoms with Crippen molar-refractivity contribution < 1.29 is 23.5 Å². The summed E-state index contributed by atoms with van der Waals surface area (Å²) in [5.74, 6) is 2.80. The van der Waals surface area contributed by atoms with E-state index in [1.165, 1.54) is 12.8 Å². The molecule has 0 saturated heterocycles. The first kappa shape index (κ1) is 23.1. The molecule has 8 heteroatoms. The molecule has 0 spiro atoms. The van der Waals surface area contributed by atoms with Gasteiger partial charge in [-0.3, -0.25) is 4.79 Å². The number of oxazole rings is 1. The predicted molar refractivity (Wildman–Crippen MR) is 123 cm³/mol. The Hall–Kier alpha value is -3.03. The molecule has 4 rings (SSSR count). The van der Waals surface area contributed by atoms with Gasteiger partial charge in [-0.05, 0) is 70.7 Å². The first-order valence-corrected chi connectivity index (χ1v) is 11.7. The van der Waals surface area contributed by atoms with Gasteiger partial charge in [0.15, 0.2) is 0 Å². The molecular weight excluding hydrogens is 422 g/mol. The lowest BCUT2D eigenvalue weighted by Crippen LogP contribution is -2.42. The van der Waals surface area contributed by atoms with Crippen LogP contribution in [-0.4, -0.2) is 46.7 Å². The Balaban J connectivity index is 1.31. The number of nitrogens with zero attached hydrogens (tertiary/aromatic N) is 2. The Morgan fingerprint density at radius 3 is 2.64 bits per heavy atom. The molecule has 1 aromatic carbocycles. The molecule has 33 heavy (non-hydrogen) atoms. The van der Waals surface area contributed by atoms with E-state index in [4.69, 9.17) is 13.9 Å². The number of carbonyl (C=O) groups excluding carboxylic acids is 2. The highest BCUT2D eigenvalue weighted by molar-refractivity contribution is 5.78. The lowest BCUT2D eigenvalue weighted by atomic mass is 10.1. The number of carbonyl (C=O) groups is 2. The maximum Gasteiger partial charge on any atom is 0.407 e. The molecule has 2 aliphatic rings. The third kappa shape index (κ3) is 6.49. The largest absolute Gasteiger partial charge is 0.493 e. The highest BCUT2D eigenvalue weighted by atomic mass is 16.6. The maximum atomic E-state index is 12.8. The summed E-state index contributed by atoms with van der Waals surface area (Å²) in [5, 5.41) is 2.72. The van der Waals surface area contributed by atoms with Crippen LogP contribution in [0.5, 0.6) is 5.75 Å². The van der Waals surface area contributed by atoms with Crippen LogP contribution < -0.4 is 10.1 Å². The summed E-state index contributed by atoms with van der Waals surface area (Å²) >= 11 is 0. The number of alkyl carbamates (subject to hydrolysis) is 1. The van der Waals surface area contributed by atoms with Crippen LogP contribution in [0.1, 0.15) is 58.4 Å². The van der Waals surface area contributed by atoms with Crippen molar-refractivity contribution in [3.63, 3.8) is 0 Å². The molecule has 2 aromatic rings. The zero-order valence-electron chi connectivity index (χ0n) is 19.8. The Morgan fingerprint density at radius 2 is 1.97 bits per heavy atom. The fourth-order valence-electron chi connectivity index (χ4n) is 3.67. The first-order valence-electron chi connectivity index (χ1n) is 11.7. The average molecular weight is 456 g/mol. The zero-order chi connectivity index (χ0) is 23.6. The van der Waals surface area contributed by atoms with Crippen LogP contribution in [-0.2, 0) is 22.5 Å². The van der Waals surface area contributed by atoms with Crippen molar-refractivity contribution in [3.05, 3.63) is 35.7 Å². The predicted octanol–water partition coefficient (Wildman–Crippen LogP) is 4.32. The van der Waals surface area contributed by atoms with E-state index in [-0.39, 0.29) is 18.4 Å². The van der Waals surface area contributed by atoms with E-state index >= 15 is 0 Å². The summed E-state index contributed by atoms with van der Waals surface area (Å²) in [4.78, 5) is 31.1. The van der Waals surface area contributed by atoms with Crippen molar-refractivity contribution in [1.82, 2.24) is 15.2 Å². The van der Waals surface area contributed by atoms with E-state index < -0.39 is 11.7 Å². The molecule has 1 atom stereocenters. The van der Waals surface area contributed by atoms with E-state index in [2.05, 4.69) is 10.3 Å². The summed E-state index contributed by atoms with van der Waals surface area (Å²) in [6.45, 7) is 8.93. The van der Waals surface area contributed by atoms with Crippen LogP contribution in [0.3, 0.4) is 0 Å². The number of nitrogens with one attached hydrogen (secondary N) is 1. The Bertz CT molecular complexity index is 988. The Morgan fingerprint density at radius 1 is 1.24 bits per heavy atom. The smallest absolute Gasteiger partial charge is 0.407 e. The molecule has 1 saturated carbocycles. The molecule has 1 aliphatic carbocycles. The van der Waals surface area contributed by atoms with Crippen LogP contribution in [0, 0.1) is 5.92 Å². The van der Waals surface area contributed by atoms with Gasteiger partial charge in [-0.15, -0.1) is 0 Å². The number of fused-ring (bicyclic) bond motifs is 1. The summed E-state index contributed by atoms with van der Waals surface area (Å²) in [5.41, 5.74) is 1.20. The van der Waals surface area contributed by atoms with Gasteiger partial charge >= 0.3 is 6.09 Å². The number of hydrogen-bond donors (Lipinski definition) is 1. The van der Waals surface area contributed by atoms with E-state index in [1.54, 1.807) is 32.6 Å². The minimum Gasteiger partial charge on any atom is -0.493 e. The fraction of sp³-hybridized carbons (Fsp3) is 0.560. The normalized spacial score (nSPS) is 16.7. The standard InChI is InChI=1S/C25H33N3O5/c1-16(26-24(30)33-25(2,3)4)13-22(29)28-12-11-20-21(14-28)32-23(27-20)18-7-9-19(10-8-18)31-15-17-5-6-17/h7-10,16-17H,5-6,11-15H2,1-4H3,(H,26,30). The molecule has 1 aromatic heterocycles. The van der Waals surface area contributed by atoms with Crippen molar-refractivity contribution in [2.24, 2.45) is 5.92 Å². The molecule has 8 nitrogen and oxygen atoms in total. The van der Waals surface area contributed by atoms with Gasteiger partial charge in [0.25, 0.3) is 0 Å².